The molecule has 1 atom stereocenters. The summed E-state index contributed by atoms with van der Waals surface area (Å²) in [6.45, 7) is 4.28. The van der Waals surface area contributed by atoms with Crippen molar-refractivity contribution in [1.29, 1.82) is 0 Å². The van der Waals surface area contributed by atoms with Crippen molar-refractivity contribution < 1.29 is 9.18 Å². The van der Waals surface area contributed by atoms with Crippen LogP contribution in [0.25, 0.3) is 0 Å². The Kier molecular flexibility index (Phi) is 5.45. The molecule has 6 heteroatoms. The first-order chi connectivity index (χ1) is 11.6. The minimum atomic E-state index is -0.338. The fourth-order valence-electron chi connectivity index (χ4n) is 2.84. The van der Waals surface area contributed by atoms with Crippen molar-refractivity contribution in [3.8, 4) is 0 Å². The topological polar surface area (TPSA) is 46.1 Å². The van der Waals surface area contributed by atoms with Crippen LogP contribution in [0.4, 0.5) is 10.2 Å². The van der Waals surface area contributed by atoms with Crippen molar-refractivity contribution in [3.05, 3.63) is 48.0 Å². The lowest BCUT2D eigenvalue weighted by Crippen LogP contribution is -2.34. The molecule has 0 amide bonds. The second-order valence-electron chi connectivity index (χ2n) is 6.13. The van der Waals surface area contributed by atoms with Crippen molar-refractivity contribution in [2.45, 2.75) is 24.8 Å². The minimum Gasteiger partial charge on any atom is -0.356 e. The van der Waals surface area contributed by atoms with Crippen molar-refractivity contribution >= 4 is 23.4 Å². The number of piperidine rings is 1. The van der Waals surface area contributed by atoms with E-state index < -0.39 is 0 Å². The van der Waals surface area contributed by atoms with Gasteiger partial charge in [-0.2, -0.15) is 0 Å². The summed E-state index contributed by atoms with van der Waals surface area (Å²) in [6, 6.07) is 7.58. The molecule has 0 radical (unpaired) electrons. The number of hydrogen-bond donors (Lipinski definition) is 0. The molecule has 2 aromatic rings. The highest BCUT2D eigenvalue weighted by Crippen LogP contribution is 2.24. The molecule has 1 aromatic carbocycles. The van der Waals surface area contributed by atoms with Crippen LogP contribution in [0.3, 0.4) is 0 Å². The van der Waals surface area contributed by atoms with Gasteiger partial charge in [0.1, 0.15) is 23.0 Å². The Balaban J connectivity index is 1.62. The third-order valence-corrected chi connectivity index (χ3v) is 5.05. The molecule has 3 rings (SSSR count). The summed E-state index contributed by atoms with van der Waals surface area (Å²) in [5.74, 6) is 1.50. The second-order valence-corrected chi connectivity index (χ2v) is 7.12. The molecule has 24 heavy (non-hydrogen) atoms. The van der Waals surface area contributed by atoms with Crippen LogP contribution in [0.15, 0.2) is 41.7 Å². The number of aromatic nitrogens is 2. The lowest BCUT2D eigenvalue weighted by molar-refractivity contribution is 0.102. The molecule has 0 aliphatic carbocycles. The van der Waals surface area contributed by atoms with E-state index in [0.29, 0.717) is 11.5 Å². The fraction of sp³-hybridized carbons (Fsp3) is 0.389. The maximum atomic E-state index is 12.9. The Hall–Kier alpha value is -1.95. The summed E-state index contributed by atoms with van der Waals surface area (Å²) in [5, 5.41) is 0.786. The van der Waals surface area contributed by atoms with E-state index in [1.807, 2.05) is 6.07 Å². The molecule has 0 spiro atoms. The fourth-order valence-corrected chi connectivity index (χ4v) is 3.59. The molecule has 1 aliphatic rings. The van der Waals surface area contributed by atoms with Crippen molar-refractivity contribution in [1.82, 2.24) is 9.97 Å². The monoisotopic (exact) mass is 345 g/mol. The number of anilines is 1. The molecule has 126 valence electrons. The molecule has 1 unspecified atom stereocenters. The molecular formula is C18H20FN3OS. The predicted molar refractivity (Wildman–Crippen MR) is 94.1 cm³/mol. The summed E-state index contributed by atoms with van der Waals surface area (Å²) in [6.07, 6.45) is 3.99. The minimum absolute atomic E-state index is 0.0354. The Bertz CT molecular complexity index is 708. The third kappa shape index (κ3) is 4.32. The zero-order valence-electron chi connectivity index (χ0n) is 13.6. The summed E-state index contributed by atoms with van der Waals surface area (Å²) in [7, 11) is 0. The first kappa shape index (κ1) is 16.9. The van der Waals surface area contributed by atoms with Crippen LogP contribution in [0.2, 0.25) is 0 Å². The maximum absolute atomic E-state index is 12.9. The third-order valence-electron chi connectivity index (χ3n) is 4.13. The number of carbonyl (C=O) groups excluding carboxylic acids is 1. The molecule has 1 aromatic heterocycles. The number of thioether (sulfide) groups is 1. The highest BCUT2D eigenvalue weighted by Gasteiger charge is 2.18. The second kappa shape index (κ2) is 7.75. The number of carbonyl (C=O) groups is 1. The van der Waals surface area contributed by atoms with Gasteiger partial charge in [-0.25, -0.2) is 14.4 Å². The Morgan fingerprint density at radius 3 is 2.88 bits per heavy atom. The smallest absolute Gasteiger partial charge is 0.173 e. The average molecular weight is 345 g/mol. The lowest BCUT2D eigenvalue weighted by Gasteiger charge is -2.31. The van der Waals surface area contributed by atoms with Gasteiger partial charge in [-0.15, -0.1) is 0 Å². The molecule has 4 nitrogen and oxygen atoms in total. The number of hydrogen-bond acceptors (Lipinski definition) is 5. The van der Waals surface area contributed by atoms with Gasteiger partial charge in [0.2, 0.25) is 0 Å². The van der Waals surface area contributed by atoms with E-state index in [4.69, 9.17) is 0 Å². The molecule has 1 fully saturated rings. The summed E-state index contributed by atoms with van der Waals surface area (Å²) in [5.41, 5.74) is 0.517. The molecule has 0 saturated carbocycles. The molecule has 2 heterocycles. The van der Waals surface area contributed by atoms with Gasteiger partial charge >= 0.3 is 0 Å². The largest absolute Gasteiger partial charge is 0.356 e. The van der Waals surface area contributed by atoms with Crippen LogP contribution in [0.5, 0.6) is 0 Å². The Labute approximate surface area is 145 Å². The zero-order chi connectivity index (χ0) is 16.9. The molecule has 0 N–H and O–H groups in total. The number of rotatable bonds is 5. The number of ketones is 1. The summed E-state index contributed by atoms with van der Waals surface area (Å²) >= 11 is 1.39. The maximum Gasteiger partial charge on any atom is 0.173 e. The van der Waals surface area contributed by atoms with Crippen LogP contribution in [-0.4, -0.2) is 34.6 Å². The van der Waals surface area contributed by atoms with Gasteiger partial charge in [-0.1, -0.05) is 18.7 Å². The summed E-state index contributed by atoms with van der Waals surface area (Å²) in [4.78, 5) is 23.1. The van der Waals surface area contributed by atoms with Gasteiger partial charge in [-0.05, 0) is 43.0 Å². The van der Waals surface area contributed by atoms with E-state index in [1.165, 1.54) is 48.9 Å². The quantitative estimate of drug-likeness (QED) is 0.468. The van der Waals surface area contributed by atoms with Gasteiger partial charge in [-0.3, -0.25) is 4.79 Å². The van der Waals surface area contributed by atoms with E-state index in [1.54, 1.807) is 6.33 Å². The van der Waals surface area contributed by atoms with Crippen LogP contribution < -0.4 is 4.90 Å². The van der Waals surface area contributed by atoms with Gasteiger partial charge < -0.3 is 4.90 Å². The number of halogens is 1. The zero-order valence-corrected chi connectivity index (χ0v) is 14.4. The highest BCUT2D eigenvalue weighted by atomic mass is 32.2. The van der Waals surface area contributed by atoms with E-state index in [2.05, 4.69) is 21.8 Å². The highest BCUT2D eigenvalue weighted by molar-refractivity contribution is 7.99. The first-order valence-electron chi connectivity index (χ1n) is 8.10. The Morgan fingerprint density at radius 1 is 1.33 bits per heavy atom. The first-order valence-corrected chi connectivity index (χ1v) is 9.09. The van der Waals surface area contributed by atoms with Gasteiger partial charge in [0.25, 0.3) is 0 Å². The summed E-state index contributed by atoms with van der Waals surface area (Å²) < 4.78 is 12.9. The van der Waals surface area contributed by atoms with E-state index in [0.717, 1.165) is 23.9 Å². The average Bonchev–Trinajstić information content (AvgIpc) is 2.60. The van der Waals surface area contributed by atoms with E-state index in [-0.39, 0.29) is 17.4 Å². The van der Waals surface area contributed by atoms with Gasteiger partial charge in [0.15, 0.2) is 5.78 Å². The van der Waals surface area contributed by atoms with Crippen molar-refractivity contribution in [2.24, 2.45) is 5.92 Å². The van der Waals surface area contributed by atoms with Crippen LogP contribution >= 0.6 is 11.8 Å². The number of nitrogens with zero attached hydrogens (tertiary/aromatic N) is 3. The predicted octanol–water partition coefficient (Wildman–Crippen LogP) is 3.83. The SMILES string of the molecule is CC1CCCN(c2cc(SCC(=O)c3ccc(F)cc3)ncn2)C1. The van der Waals surface area contributed by atoms with E-state index >= 15 is 0 Å². The van der Waals surface area contributed by atoms with Crippen LogP contribution in [0.1, 0.15) is 30.1 Å². The van der Waals surface area contributed by atoms with Crippen LogP contribution in [-0.2, 0) is 0 Å². The normalized spacial score (nSPS) is 17.8. The van der Waals surface area contributed by atoms with Gasteiger partial charge in [0, 0.05) is 24.7 Å². The van der Waals surface area contributed by atoms with E-state index in [9.17, 15) is 9.18 Å². The molecule has 1 saturated heterocycles. The Morgan fingerprint density at radius 2 is 2.12 bits per heavy atom. The molecule has 1 aliphatic heterocycles. The molecule has 0 bridgehead atoms. The number of Topliss-reactive ketones (excluding diaryl/α,β-unsaturated/α-hetero) is 1. The molecular weight excluding hydrogens is 325 g/mol. The lowest BCUT2D eigenvalue weighted by atomic mass is 10.0. The van der Waals surface area contributed by atoms with Crippen LogP contribution in [0, 0.1) is 11.7 Å². The van der Waals surface area contributed by atoms with Crippen molar-refractivity contribution in [3.63, 3.8) is 0 Å². The van der Waals surface area contributed by atoms with Crippen molar-refractivity contribution in [2.75, 3.05) is 23.7 Å². The number of benzene rings is 1. The standard InChI is InChI=1S/C18H20FN3OS/c1-13-3-2-8-22(10-13)17-9-18(21-12-20-17)24-11-16(23)14-4-6-15(19)7-5-14/h4-7,9,12-13H,2-3,8,10-11H2,1H3. The van der Waals surface area contributed by atoms with Gasteiger partial charge in [0.05, 0.1) is 5.75 Å².